The molecule has 0 atom stereocenters. The van der Waals surface area contributed by atoms with E-state index in [1.165, 1.54) is 12.1 Å². The van der Waals surface area contributed by atoms with Crippen molar-refractivity contribution in [2.75, 3.05) is 18.4 Å². The number of piperidine rings is 1. The molecule has 35 heavy (non-hydrogen) atoms. The Labute approximate surface area is 201 Å². The van der Waals surface area contributed by atoms with Gasteiger partial charge in [0.25, 0.3) is 0 Å². The first-order valence-corrected chi connectivity index (χ1v) is 11.7. The van der Waals surface area contributed by atoms with Gasteiger partial charge in [-0.2, -0.15) is 10.2 Å². The Morgan fingerprint density at radius 2 is 1.91 bits per heavy atom. The lowest BCUT2D eigenvalue weighted by molar-refractivity contribution is 0.339. The maximum atomic E-state index is 15.0. The van der Waals surface area contributed by atoms with Gasteiger partial charge in [-0.05, 0) is 62.5 Å². The molecule has 178 valence electrons. The van der Waals surface area contributed by atoms with Gasteiger partial charge in [-0.25, -0.2) is 18.7 Å². The van der Waals surface area contributed by atoms with Gasteiger partial charge >= 0.3 is 0 Å². The zero-order valence-corrected chi connectivity index (χ0v) is 19.1. The molecule has 0 unspecified atom stereocenters. The summed E-state index contributed by atoms with van der Waals surface area (Å²) in [6.45, 7) is 2.86. The van der Waals surface area contributed by atoms with Gasteiger partial charge in [-0.15, -0.1) is 0 Å². The number of hydrogen-bond donors (Lipinski definition) is 2. The number of aryl methyl sites for hydroxylation is 1. The van der Waals surface area contributed by atoms with Crippen LogP contribution in [0.3, 0.4) is 0 Å². The second-order valence-electron chi connectivity index (χ2n) is 8.72. The minimum Gasteiger partial charge on any atom is -0.350 e. The number of nitrogens with zero attached hydrogens (tertiary/aromatic N) is 5. The van der Waals surface area contributed by atoms with Crippen LogP contribution in [0.1, 0.15) is 30.4 Å². The van der Waals surface area contributed by atoms with Crippen molar-refractivity contribution < 1.29 is 8.78 Å². The van der Waals surface area contributed by atoms with Gasteiger partial charge in [0.2, 0.25) is 5.95 Å². The van der Waals surface area contributed by atoms with Crippen LogP contribution in [-0.4, -0.2) is 32.6 Å². The van der Waals surface area contributed by atoms with Gasteiger partial charge in [0, 0.05) is 18.7 Å². The molecule has 0 saturated carbocycles. The minimum atomic E-state index is -0.506. The highest BCUT2D eigenvalue weighted by atomic mass is 19.1. The highest BCUT2D eigenvalue weighted by Gasteiger charge is 2.20. The molecule has 2 aromatic heterocycles. The van der Waals surface area contributed by atoms with Crippen molar-refractivity contribution >= 4 is 17.1 Å². The summed E-state index contributed by atoms with van der Waals surface area (Å²) in [6.07, 6.45) is 4.70. The SMILES string of the molecule is N#Cc1ccc(-c2nc3cnc(NCc4ccccc4F)nc3n2CCC2CCNCC2)c(F)c1. The molecule has 0 aliphatic carbocycles. The zero-order valence-electron chi connectivity index (χ0n) is 19.1. The van der Waals surface area contributed by atoms with Crippen molar-refractivity contribution in [2.24, 2.45) is 5.92 Å². The smallest absolute Gasteiger partial charge is 0.225 e. The molecule has 0 spiro atoms. The maximum absolute atomic E-state index is 15.0. The Morgan fingerprint density at radius 1 is 1.09 bits per heavy atom. The summed E-state index contributed by atoms with van der Waals surface area (Å²) in [7, 11) is 0. The molecule has 0 bridgehead atoms. The number of fused-ring (bicyclic) bond motifs is 1. The third-order valence-corrected chi connectivity index (χ3v) is 6.44. The van der Waals surface area contributed by atoms with Crippen LogP contribution in [0.15, 0.2) is 48.7 Å². The number of anilines is 1. The van der Waals surface area contributed by atoms with Crippen LogP contribution in [0.2, 0.25) is 0 Å². The van der Waals surface area contributed by atoms with E-state index in [0.717, 1.165) is 32.4 Å². The first-order valence-electron chi connectivity index (χ1n) is 11.7. The first kappa shape index (κ1) is 22.9. The maximum Gasteiger partial charge on any atom is 0.225 e. The third-order valence-electron chi connectivity index (χ3n) is 6.44. The van der Waals surface area contributed by atoms with Gasteiger partial charge in [-0.3, -0.25) is 0 Å². The molecule has 2 aromatic carbocycles. The highest BCUT2D eigenvalue weighted by molar-refractivity contribution is 5.77. The fourth-order valence-corrected chi connectivity index (χ4v) is 4.49. The molecule has 0 radical (unpaired) electrons. The fraction of sp³-hybridized carbons (Fsp3) is 0.308. The van der Waals surface area contributed by atoms with E-state index in [9.17, 15) is 8.78 Å². The lowest BCUT2D eigenvalue weighted by Gasteiger charge is -2.23. The number of nitrogens with one attached hydrogen (secondary N) is 2. The Balaban J connectivity index is 1.50. The van der Waals surface area contributed by atoms with Crippen LogP contribution in [0, 0.1) is 28.9 Å². The summed E-state index contributed by atoms with van der Waals surface area (Å²) < 4.78 is 30.9. The second-order valence-corrected chi connectivity index (χ2v) is 8.72. The van der Waals surface area contributed by atoms with E-state index in [4.69, 9.17) is 5.26 Å². The van der Waals surface area contributed by atoms with Crippen molar-refractivity contribution in [1.82, 2.24) is 24.8 Å². The number of rotatable bonds is 7. The monoisotopic (exact) mass is 473 g/mol. The molecule has 4 aromatic rings. The van der Waals surface area contributed by atoms with Crippen molar-refractivity contribution in [3.63, 3.8) is 0 Å². The van der Waals surface area contributed by atoms with Crippen LogP contribution in [0.25, 0.3) is 22.6 Å². The average molecular weight is 474 g/mol. The van der Waals surface area contributed by atoms with E-state index < -0.39 is 5.82 Å². The van der Waals surface area contributed by atoms with Crippen LogP contribution in [0.5, 0.6) is 0 Å². The molecular formula is C26H25F2N7. The standard InChI is InChI=1S/C26H25F2N7/c27-21-4-2-1-3-19(21)15-31-26-32-16-23-25(34-26)35(12-9-17-7-10-30-11-8-17)24(33-23)20-6-5-18(14-29)13-22(20)28/h1-6,13,16-17,30H,7-12,15H2,(H,31,32,34). The number of benzene rings is 2. The van der Waals surface area contributed by atoms with Crippen molar-refractivity contribution in [2.45, 2.75) is 32.4 Å². The molecule has 2 N–H and O–H groups in total. The van der Waals surface area contributed by atoms with Crippen LogP contribution in [0.4, 0.5) is 14.7 Å². The Morgan fingerprint density at radius 3 is 2.69 bits per heavy atom. The molecule has 1 aliphatic rings. The lowest BCUT2D eigenvalue weighted by atomic mass is 9.94. The Hall–Kier alpha value is -3.90. The van der Waals surface area contributed by atoms with Crippen LogP contribution < -0.4 is 10.6 Å². The molecular weight excluding hydrogens is 448 g/mol. The summed E-state index contributed by atoms with van der Waals surface area (Å²) in [5.41, 5.74) is 2.21. The van der Waals surface area contributed by atoms with Gasteiger partial charge < -0.3 is 15.2 Å². The summed E-state index contributed by atoms with van der Waals surface area (Å²) in [4.78, 5) is 13.6. The molecule has 1 aliphatic heterocycles. The van der Waals surface area contributed by atoms with E-state index in [-0.39, 0.29) is 17.9 Å². The third kappa shape index (κ3) is 4.98. The summed E-state index contributed by atoms with van der Waals surface area (Å²) >= 11 is 0. The van der Waals surface area contributed by atoms with E-state index >= 15 is 0 Å². The minimum absolute atomic E-state index is 0.235. The van der Waals surface area contributed by atoms with Crippen molar-refractivity contribution in [3.05, 3.63) is 71.4 Å². The number of hydrogen-bond acceptors (Lipinski definition) is 6. The van der Waals surface area contributed by atoms with Gasteiger partial charge in [0.05, 0.1) is 23.4 Å². The lowest BCUT2D eigenvalue weighted by Crippen LogP contribution is -2.28. The van der Waals surface area contributed by atoms with E-state index in [2.05, 4.69) is 25.6 Å². The molecule has 3 heterocycles. The highest BCUT2D eigenvalue weighted by Crippen LogP contribution is 2.29. The fourth-order valence-electron chi connectivity index (χ4n) is 4.49. The van der Waals surface area contributed by atoms with Gasteiger partial charge in [0.1, 0.15) is 23.0 Å². The predicted octanol–water partition coefficient (Wildman–Crippen LogP) is 4.64. The van der Waals surface area contributed by atoms with E-state index in [1.807, 2.05) is 10.6 Å². The predicted molar refractivity (Wildman–Crippen MR) is 129 cm³/mol. The molecule has 0 amide bonds. The molecule has 1 fully saturated rings. The molecule has 9 heteroatoms. The quantitative estimate of drug-likeness (QED) is 0.406. The van der Waals surface area contributed by atoms with Crippen LogP contribution >= 0.6 is 0 Å². The Kier molecular flexibility index (Phi) is 6.64. The second kappa shape index (κ2) is 10.2. The number of imidazole rings is 1. The molecule has 5 rings (SSSR count). The largest absolute Gasteiger partial charge is 0.350 e. The number of aromatic nitrogens is 4. The number of nitriles is 1. The number of halogens is 2. The summed E-state index contributed by atoms with van der Waals surface area (Å²) in [6, 6.07) is 12.9. The van der Waals surface area contributed by atoms with Gasteiger partial charge in [0.15, 0.2) is 5.65 Å². The topological polar surface area (TPSA) is 91.5 Å². The summed E-state index contributed by atoms with van der Waals surface area (Å²) in [5.74, 6) is 0.556. The average Bonchev–Trinajstić information content (AvgIpc) is 3.25. The van der Waals surface area contributed by atoms with Gasteiger partial charge in [-0.1, -0.05) is 18.2 Å². The first-order chi connectivity index (χ1) is 17.1. The van der Waals surface area contributed by atoms with Crippen molar-refractivity contribution in [3.8, 4) is 17.5 Å². The molecule has 1 saturated heterocycles. The van der Waals surface area contributed by atoms with Crippen molar-refractivity contribution in [1.29, 1.82) is 5.26 Å². The normalized spacial score (nSPS) is 14.2. The molecule has 7 nitrogen and oxygen atoms in total. The Bertz CT molecular complexity index is 1390. The van der Waals surface area contributed by atoms with Crippen LogP contribution in [-0.2, 0) is 13.1 Å². The van der Waals surface area contributed by atoms with E-state index in [1.54, 1.807) is 36.5 Å². The van der Waals surface area contributed by atoms with E-state index in [0.29, 0.717) is 46.5 Å². The zero-order chi connectivity index (χ0) is 24.2. The summed E-state index contributed by atoms with van der Waals surface area (Å²) in [5, 5.41) is 15.6.